The first-order valence-electron chi connectivity index (χ1n) is 5.27. The van der Waals surface area contributed by atoms with Crippen molar-refractivity contribution in [2.24, 2.45) is 0 Å². The molecule has 0 fully saturated rings. The molecular weight excluding hydrogens is 248 g/mol. The van der Waals surface area contributed by atoms with Crippen LogP contribution in [0.1, 0.15) is 20.8 Å². The van der Waals surface area contributed by atoms with Gasteiger partial charge in [0.05, 0.1) is 12.1 Å². The molecule has 0 spiro atoms. The van der Waals surface area contributed by atoms with E-state index in [1.807, 2.05) is 0 Å². The van der Waals surface area contributed by atoms with Gasteiger partial charge in [-0.1, -0.05) is 6.92 Å². The molecule has 17 heavy (non-hydrogen) atoms. The van der Waals surface area contributed by atoms with Crippen molar-refractivity contribution in [2.45, 2.75) is 44.7 Å². The van der Waals surface area contributed by atoms with E-state index in [0.717, 1.165) is 13.8 Å². The van der Waals surface area contributed by atoms with Gasteiger partial charge in [0.25, 0.3) is 11.8 Å². The van der Waals surface area contributed by atoms with Crippen LogP contribution in [-0.4, -0.2) is 48.7 Å². The van der Waals surface area contributed by atoms with Crippen LogP contribution < -0.4 is 0 Å². The van der Waals surface area contributed by atoms with Gasteiger partial charge in [0.1, 0.15) is 0 Å². The van der Waals surface area contributed by atoms with Crippen LogP contribution >= 0.6 is 0 Å². The Hall–Kier alpha value is -0.460. The van der Waals surface area contributed by atoms with E-state index >= 15 is 0 Å². The summed E-state index contributed by atoms with van der Waals surface area (Å²) in [6, 6.07) is -3.44. The summed E-state index contributed by atoms with van der Waals surface area (Å²) < 4.78 is 76.6. The minimum atomic E-state index is -3.73. The molecule has 0 bridgehead atoms. The Labute approximate surface area is 96.8 Å². The van der Waals surface area contributed by atoms with E-state index in [-0.39, 0.29) is 6.54 Å². The number of hydrogen-bond acceptors (Lipinski definition) is 1. The zero-order valence-corrected chi connectivity index (χ0v) is 9.99. The number of halogens is 6. The molecule has 2 atom stereocenters. The smallest absolute Gasteiger partial charge is 0.286 e. The van der Waals surface area contributed by atoms with Crippen molar-refractivity contribution in [3.05, 3.63) is 0 Å². The standard InChI is InChI=1S/C10H17F6N/c1-4-17(7(2)9(13,14)5-11)8(3)10(15,16)6-12/h7-8H,4-6H2,1-3H3. The second kappa shape index (κ2) is 5.93. The molecule has 0 heterocycles. The second-order valence-electron chi connectivity index (χ2n) is 3.97. The van der Waals surface area contributed by atoms with Crippen LogP contribution in [-0.2, 0) is 0 Å². The summed E-state index contributed by atoms with van der Waals surface area (Å²) in [5.74, 6) is -7.45. The zero-order valence-electron chi connectivity index (χ0n) is 9.99. The molecular formula is C10H17F6N. The monoisotopic (exact) mass is 265 g/mol. The van der Waals surface area contributed by atoms with Crippen LogP contribution in [0.15, 0.2) is 0 Å². The lowest BCUT2D eigenvalue weighted by molar-refractivity contribution is -0.144. The second-order valence-corrected chi connectivity index (χ2v) is 3.97. The molecule has 0 saturated carbocycles. The predicted octanol–water partition coefficient (Wildman–Crippen LogP) is 3.29. The number of hydrogen-bond donors (Lipinski definition) is 0. The van der Waals surface area contributed by atoms with Crippen LogP contribution in [0.25, 0.3) is 0 Å². The summed E-state index contributed by atoms with van der Waals surface area (Å²) in [6.07, 6.45) is 0. The highest BCUT2D eigenvalue weighted by Crippen LogP contribution is 2.30. The molecule has 0 aromatic heterocycles. The van der Waals surface area contributed by atoms with Gasteiger partial charge in [0.2, 0.25) is 0 Å². The fourth-order valence-electron chi connectivity index (χ4n) is 1.59. The van der Waals surface area contributed by atoms with Crippen LogP contribution in [0.3, 0.4) is 0 Å². The highest BCUT2D eigenvalue weighted by Gasteiger charge is 2.47. The fourth-order valence-corrected chi connectivity index (χ4v) is 1.59. The van der Waals surface area contributed by atoms with Crippen molar-refractivity contribution in [1.82, 2.24) is 4.90 Å². The molecule has 7 heteroatoms. The SMILES string of the molecule is CCN(C(C)C(F)(F)CF)C(C)C(F)(F)CF. The van der Waals surface area contributed by atoms with Crippen LogP contribution in [0.2, 0.25) is 0 Å². The molecule has 0 saturated heterocycles. The Kier molecular flexibility index (Phi) is 5.77. The van der Waals surface area contributed by atoms with Gasteiger partial charge in [-0.2, -0.15) is 0 Å². The van der Waals surface area contributed by atoms with Crippen molar-refractivity contribution >= 4 is 0 Å². The molecule has 104 valence electrons. The molecule has 0 aliphatic rings. The molecule has 0 radical (unpaired) electrons. The third kappa shape index (κ3) is 3.76. The molecule has 0 amide bonds. The van der Waals surface area contributed by atoms with E-state index in [4.69, 9.17) is 0 Å². The maximum absolute atomic E-state index is 13.1. The summed E-state index contributed by atoms with van der Waals surface area (Å²) in [7, 11) is 0. The van der Waals surface area contributed by atoms with Gasteiger partial charge in [-0.15, -0.1) is 0 Å². The minimum Gasteiger partial charge on any atom is -0.286 e. The summed E-state index contributed by atoms with van der Waals surface area (Å²) in [5, 5.41) is 0. The number of alkyl halides is 6. The van der Waals surface area contributed by atoms with Gasteiger partial charge in [-0.05, 0) is 20.4 Å². The minimum absolute atomic E-state index is 0.145. The van der Waals surface area contributed by atoms with Gasteiger partial charge in [0.15, 0.2) is 13.3 Å². The van der Waals surface area contributed by atoms with Crippen molar-refractivity contribution in [2.75, 3.05) is 19.9 Å². The van der Waals surface area contributed by atoms with Crippen LogP contribution in [0.5, 0.6) is 0 Å². The van der Waals surface area contributed by atoms with E-state index in [9.17, 15) is 26.3 Å². The highest BCUT2D eigenvalue weighted by molar-refractivity contribution is 4.89. The highest BCUT2D eigenvalue weighted by atomic mass is 19.3. The zero-order chi connectivity index (χ0) is 13.9. The lowest BCUT2D eigenvalue weighted by Crippen LogP contribution is -2.56. The van der Waals surface area contributed by atoms with E-state index < -0.39 is 37.3 Å². The molecule has 0 aliphatic heterocycles. The average Bonchev–Trinajstić information content (AvgIpc) is 2.29. The Morgan fingerprint density at radius 2 is 1.18 bits per heavy atom. The first-order chi connectivity index (χ1) is 7.64. The average molecular weight is 265 g/mol. The number of nitrogens with zero attached hydrogens (tertiary/aromatic N) is 1. The molecule has 0 rings (SSSR count). The largest absolute Gasteiger partial charge is 0.290 e. The van der Waals surface area contributed by atoms with Gasteiger partial charge in [-0.25, -0.2) is 26.3 Å². The van der Waals surface area contributed by atoms with E-state index in [0.29, 0.717) is 4.90 Å². The van der Waals surface area contributed by atoms with Gasteiger partial charge >= 0.3 is 0 Å². The lowest BCUT2D eigenvalue weighted by Gasteiger charge is -2.39. The first kappa shape index (κ1) is 16.5. The van der Waals surface area contributed by atoms with Gasteiger partial charge in [0, 0.05) is 0 Å². The van der Waals surface area contributed by atoms with E-state index in [1.54, 1.807) is 0 Å². The van der Waals surface area contributed by atoms with Crippen molar-refractivity contribution in [3.8, 4) is 0 Å². The summed E-state index contributed by atoms with van der Waals surface area (Å²) >= 11 is 0. The maximum atomic E-state index is 13.1. The van der Waals surface area contributed by atoms with Gasteiger partial charge in [-0.3, -0.25) is 4.90 Å². The first-order valence-corrected chi connectivity index (χ1v) is 5.27. The molecule has 0 N–H and O–H groups in total. The fraction of sp³-hybridized carbons (Fsp3) is 1.00. The van der Waals surface area contributed by atoms with Crippen molar-refractivity contribution < 1.29 is 26.3 Å². The van der Waals surface area contributed by atoms with Crippen molar-refractivity contribution in [1.29, 1.82) is 0 Å². The molecule has 0 aliphatic carbocycles. The topological polar surface area (TPSA) is 3.24 Å². The maximum Gasteiger partial charge on any atom is 0.290 e. The van der Waals surface area contributed by atoms with E-state index in [2.05, 4.69) is 0 Å². The third-order valence-corrected chi connectivity index (χ3v) is 2.94. The van der Waals surface area contributed by atoms with Crippen LogP contribution in [0.4, 0.5) is 26.3 Å². The molecule has 2 unspecified atom stereocenters. The molecule has 0 aromatic carbocycles. The summed E-state index contributed by atoms with van der Waals surface area (Å²) in [5.41, 5.74) is 0. The summed E-state index contributed by atoms with van der Waals surface area (Å²) in [4.78, 5) is 0.708. The van der Waals surface area contributed by atoms with Crippen LogP contribution in [0, 0.1) is 0 Å². The lowest BCUT2D eigenvalue weighted by atomic mass is 10.1. The Morgan fingerprint density at radius 1 is 0.882 bits per heavy atom. The molecule has 0 aromatic rings. The third-order valence-electron chi connectivity index (χ3n) is 2.94. The Morgan fingerprint density at radius 3 is 1.35 bits per heavy atom. The molecule has 1 nitrogen and oxygen atoms in total. The quantitative estimate of drug-likeness (QED) is 0.638. The normalized spacial score (nSPS) is 17.3. The Balaban J connectivity index is 4.96. The van der Waals surface area contributed by atoms with Gasteiger partial charge < -0.3 is 0 Å². The van der Waals surface area contributed by atoms with Crippen molar-refractivity contribution in [3.63, 3.8) is 0 Å². The van der Waals surface area contributed by atoms with E-state index in [1.165, 1.54) is 6.92 Å². The summed E-state index contributed by atoms with van der Waals surface area (Å²) in [6.45, 7) is -0.720. The number of rotatable bonds is 7. The Bertz CT molecular complexity index is 211. The predicted molar refractivity (Wildman–Crippen MR) is 53.1 cm³/mol.